The number of phenolic OH excluding ortho intramolecular Hbond substituents is 2. The number of phenols is 2. The van der Waals surface area contributed by atoms with Gasteiger partial charge in [0.1, 0.15) is 34.2 Å². The quantitative estimate of drug-likeness (QED) is 0.105. The Balaban J connectivity index is 1.41. The maximum absolute atomic E-state index is 11.9. The second-order valence-corrected chi connectivity index (χ2v) is 21.6. The second-order valence-electron chi connectivity index (χ2n) is 21.6. The van der Waals surface area contributed by atoms with E-state index in [4.69, 9.17) is 9.47 Å². The summed E-state index contributed by atoms with van der Waals surface area (Å²) >= 11 is 0. The molecule has 0 spiro atoms. The Morgan fingerprint density at radius 1 is 0.552 bits per heavy atom. The van der Waals surface area contributed by atoms with Gasteiger partial charge in [0.05, 0.1) is 0 Å². The van der Waals surface area contributed by atoms with Crippen molar-refractivity contribution in [3.05, 3.63) is 46.0 Å². The number of ether oxygens (including phenoxy) is 2. The summed E-state index contributed by atoms with van der Waals surface area (Å²) in [6.07, 6.45) is 25.1. The van der Waals surface area contributed by atoms with Gasteiger partial charge in [-0.3, -0.25) is 0 Å². The Hall–Kier alpha value is -2.36. The van der Waals surface area contributed by atoms with E-state index in [1.54, 1.807) is 0 Å². The van der Waals surface area contributed by atoms with Gasteiger partial charge in [0.25, 0.3) is 0 Å². The zero-order valence-electron chi connectivity index (χ0n) is 39.8. The molecular weight excluding hydrogens is 713 g/mol. The fourth-order valence-corrected chi connectivity index (χ4v) is 10.6. The summed E-state index contributed by atoms with van der Waals surface area (Å²) in [6, 6.07) is 5.72. The van der Waals surface area contributed by atoms with Crippen LogP contribution in [0.1, 0.15) is 225 Å². The normalized spacial score (nSPS) is 21.8. The molecule has 330 valence electrons. The van der Waals surface area contributed by atoms with Crippen LogP contribution < -0.4 is 9.47 Å². The molecule has 0 amide bonds. The van der Waals surface area contributed by atoms with E-state index >= 15 is 0 Å². The molecule has 2 aromatic rings. The maximum atomic E-state index is 11.9. The molecule has 2 aliphatic heterocycles. The van der Waals surface area contributed by atoms with E-state index in [1.807, 2.05) is 25.1 Å². The molecule has 0 saturated heterocycles. The lowest BCUT2D eigenvalue weighted by Gasteiger charge is -2.40. The minimum Gasteiger partial charge on any atom is -0.508 e. The molecule has 0 aromatic heterocycles. The van der Waals surface area contributed by atoms with Crippen LogP contribution in [0.4, 0.5) is 0 Å². The monoisotopic (exact) mass is 803 g/mol. The number of aryl methyl sites for hydroxylation is 3. The van der Waals surface area contributed by atoms with Gasteiger partial charge in [-0.05, 0) is 168 Å². The summed E-state index contributed by atoms with van der Waals surface area (Å²) < 4.78 is 13.8. The van der Waals surface area contributed by atoms with Crippen LogP contribution in [-0.2, 0) is 12.8 Å². The van der Waals surface area contributed by atoms with Crippen molar-refractivity contribution in [1.29, 1.82) is 0 Å². The van der Waals surface area contributed by atoms with E-state index in [9.17, 15) is 10.2 Å². The third-order valence-corrected chi connectivity index (χ3v) is 14.6. The van der Waals surface area contributed by atoms with E-state index in [0.717, 1.165) is 110 Å². The van der Waals surface area contributed by atoms with Gasteiger partial charge in [0.15, 0.2) is 0 Å². The van der Waals surface area contributed by atoms with Crippen molar-refractivity contribution in [2.75, 3.05) is 0 Å². The summed E-state index contributed by atoms with van der Waals surface area (Å²) in [6.45, 7) is 28.0. The topological polar surface area (TPSA) is 58.9 Å². The van der Waals surface area contributed by atoms with Crippen molar-refractivity contribution in [2.24, 2.45) is 35.5 Å². The van der Waals surface area contributed by atoms with E-state index in [0.29, 0.717) is 29.3 Å². The molecule has 2 aromatic carbocycles. The second kappa shape index (κ2) is 22.5. The summed E-state index contributed by atoms with van der Waals surface area (Å²) in [4.78, 5) is 0. The van der Waals surface area contributed by atoms with Crippen LogP contribution in [0.25, 0.3) is 0 Å². The van der Waals surface area contributed by atoms with Gasteiger partial charge in [-0.1, -0.05) is 126 Å². The third-order valence-electron chi connectivity index (χ3n) is 14.6. The van der Waals surface area contributed by atoms with Crippen LogP contribution in [0.3, 0.4) is 0 Å². The van der Waals surface area contributed by atoms with Crippen LogP contribution >= 0.6 is 0 Å². The Labute approximate surface area is 358 Å². The minimum atomic E-state index is -0.207. The lowest BCUT2D eigenvalue weighted by atomic mass is 9.74. The van der Waals surface area contributed by atoms with Crippen LogP contribution in [-0.4, -0.2) is 21.4 Å². The summed E-state index contributed by atoms with van der Waals surface area (Å²) in [5.74, 6) is 7.44. The standard InChI is InChI=1S/C54H90O4/c1-37(2)18-13-20-39(5)22-15-23-40(6)24-16-30-54(12)33-29-48-50(49(56)35-44(10)52(48)58-54)47(27-26-41(7)21-14-19-38(3)4)42(8)25-17-31-53(11)32-28-45-36-46(55)34-43(9)51(45)57-53/h34-42,47,55-56H,13-33H2,1-12H3/t39-,40-,41-,42+,47?,53-,54-/m1/s1. The molecule has 58 heavy (non-hydrogen) atoms. The predicted octanol–water partition coefficient (Wildman–Crippen LogP) is 16.2. The molecule has 2 N–H and O–H groups in total. The summed E-state index contributed by atoms with van der Waals surface area (Å²) in [5, 5.41) is 22.0. The minimum absolute atomic E-state index is 0.159. The van der Waals surface area contributed by atoms with Crippen LogP contribution in [0, 0.1) is 49.4 Å². The highest BCUT2D eigenvalue weighted by Crippen LogP contribution is 2.49. The maximum Gasteiger partial charge on any atom is 0.126 e. The average Bonchev–Trinajstić information content (AvgIpc) is 3.13. The van der Waals surface area contributed by atoms with Gasteiger partial charge in [0, 0.05) is 11.1 Å². The summed E-state index contributed by atoms with van der Waals surface area (Å²) in [7, 11) is 0. The van der Waals surface area contributed by atoms with E-state index in [-0.39, 0.29) is 11.2 Å². The first-order valence-electron chi connectivity index (χ1n) is 24.4. The highest BCUT2D eigenvalue weighted by molar-refractivity contribution is 5.56. The van der Waals surface area contributed by atoms with Gasteiger partial charge in [-0.25, -0.2) is 0 Å². The van der Waals surface area contributed by atoms with Crippen LogP contribution in [0.15, 0.2) is 18.2 Å². The highest BCUT2D eigenvalue weighted by atomic mass is 16.5. The molecule has 0 saturated carbocycles. The van der Waals surface area contributed by atoms with Gasteiger partial charge >= 0.3 is 0 Å². The molecule has 1 unspecified atom stereocenters. The average molecular weight is 803 g/mol. The first kappa shape index (κ1) is 48.3. The highest BCUT2D eigenvalue weighted by Gasteiger charge is 2.37. The van der Waals surface area contributed by atoms with E-state index in [1.165, 1.54) is 88.2 Å². The molecule has 4 rings (SSSR count). The zero-order chi connectivity index (χ0) is 42.6. The molecule has 0 radical (unpaired) electrons. The molecule has 0 aliphatic carbocycles. The fourth-order valence-electron chi connectivity index (χ4n) is 10.6. The molecule has 2 heterocycles. The van der Waals surface area contributed by atoms with Crippen molar-refractivity contribution in [3.8, 4) is 23.0 Å². The molecule has 0 fully saturated rings. The van der Waals surface area contributed by atoms with Crippen molar-refractivity contribution < 1.29 is 19.7 Å². The third kappa shape index (κ3) is 14.7. The Bertz CT molecular complexity index is 1540. The predicted molar refractivity (Wildman–Crippen MR) is 248 cm³/mol. The van der Waals surface area contributed by atoms with Gasteiger partial charge in [-0.15, -0.1) is 0 Å². The number of rotatable bonds is 25. The summed E-state index contributed by atoms with van der Waals surface area (Å²) in [5.41, 5.74) is 5.33. The number of fused-ring (bicyclic) bond motifs is 2. The molecule has 2 aliphatic rings. The molecule has 4 heteroatoms. The Morgan fingerprint density at radius 2 is 1.03 bits per heavy atom. The molecular formula is C54H90O4. The van der Waals surface area contributed by atoms with E-state index in [2.05, 4.69) is 76.2 Å². The van der Waals surface area contributed by atoms with Crippen molar-refractivity contribution in [2.45, 2.75) is 235 Å². The fraction of sp³-hybridized carbons (Fsp3) is 0.778. The van der Waals surface area contributed by atoms with Gasteiger partial charge < -0.3 is 19.7 Å². The molecule has 4 nitrogen and oxygen atoms in total. The lowest BCUT2D eigenvalue weighted by molar-refractivity contribution is 0.0503. The first-order valence-corrected chi connectivity index (χ1v) is 24.4. The molecule has 7 atom stereocenters. The van der Waals surface area contributed by atoms with Gasteiger partial charge in [0.2, 0.25) is 0 Å². The van der Waals surface area contributed by atoms with Crippen molar-refractivity contribution >= 4 is 0 Å². The van der Waals surface area contributed by atoms with E-state index < -0.39 is 0 Å². The van der Waals surface area contributed by atoms with Crippen molar-refractivity contribution in [3.63, 3.8) is 0 Å². The Kier molecular flexibility index (Phi) is 18.7. The van der Waals surface area contributed by atoms with Crippen LogP contribution in [0.2, 0.25) is 0 Å². The van der Waals surface area contributed by atoms with Crippen LogP contribution in [0.5, 0.6) is 23.0 Å². The largest absolute Gasteiger partial charge is 0.508 e. The zero-order valence-corrected chi connectivity index (χ0v) is 39.8. The number of hydrogen-bond donors (Lipinski definition) is 2. The Morgan fingerprint density at radius 3 is 1.62 bits per heavy atom. The van der Waals surface area contributed by atoms with Crippen molar-refractivity contribution in [1.82, 2.24) is 0 Å². The first-order chi connectivity index (χ1) is 27.4. The van der Waals surface area contributed by atoms with Gasteiger partial charge in [-0.2, -0.15) is 0 Å². The lowest BCUT2D eigenvalue weighted by Crippen LogP contribution is -2.37. The number of aromatic hydroxyl groups is 2. The number of hydrogen-bond acceptors (Lipinski definition) is 4. The smallest absolute Gasteiger partial charge is 0.126 e. The number of benzene rings is 2. The molecule has 0 bridgehead atoms. The SMILES string of the molecule is Cc1cc(O)cc2c1O[C@](C)(CCC[C@H](C)C(CC[C@H](C)CCCC(C)C)c1c(O)cc(C)c3c1CC[C@@](C)(CCC[C@H](C)CCC[C@H](C)CCCC(C)C)O3)CC2.